The van der Waals surface area contributed by atoms with Crippen molar-refractivity contribution in [1.29, 1.82) is 0 Å². The standard InChI is InChI=1S/C16H23NO5S/c1-12(13-7-5-4-6-8-13)17-10-9-14(22-23(3,19)20)11-15(17)16(18)21-2/h4-8,12,14-15H,9-11H2,1-3H3/t12-,14-,15+/m0/s1. The summed E-state index contributed by atoms with van der Waals surface area (Å²) < 4.78 is 32.6. The van der Waals surface area contributed by atoms with Gasteiger partial charge in [-0.3, -0.25) is 13.9 Å². The molecule has 1 aliphatic rings. The van der Waals surface area contributed by atoms with Crippen molar-refractivity contribution in [2.75, 3.05) is 19.9 Å². The zero-order chi connectivity index (χ0) is 17.0. The fraction of sp³-hybridized carbons (Fsp3) is 0.562. The summed E-state index contributed by atoms with van der Waals surface area (Å²) in [6.07, 6.45) is 1.39. The van der Waals surface area contributed by atoms with Crippen LogP contribution in [-0.4, -0.2) is 51.3 Å². The third-order valence-electron chi connectivity index (χ3n) is 4.16. The number of methoxy groups -OCH3 is 1. The van der Waals surface area contributed by atoms with Gasteiger partial charge in [-0.1, -0.05) is 30.3 Å². The van der Waals surface area contributed by atoms with Gasteiger partial charge in [-0.2, -0.15) is 8.42 Å². The number of nitrogens with zero attached hydrogens (tertiary/aromatic N) is 1. The average Bonchev–Trinajstić information content (AvgIpc) is 2.52. The summed E-state index contributed by atoms with van der Waals surface area (Å²) >= 11 is 0. The molecule has 1 aromatic rings. The van der Waals surface area contributed by atoms with Gasteiger partial charge in [0, 0.05) is 19.0 Å². The Kier molecular flexibility index (Phi) is 5.78. The Labute approximate surface area is 137 Å². The van der Waals surface area contributed by atoms with E-state index in [1.165, 1.54) is 7.11 Å². The van der Waals surface area contributed by atoms with E-state index in [0.29, 0.717) is 19.4 Å². The number of carbonyl (C=O) groups excluding carboxylic acids is 1. The number of rotatable bonds is 5. The van der Waals surface area contributed by atoms with Crippen LogP contribution in [0.4, 0.5) is 0 Å². The first-order valence-electron chi connectivity index (χ1n) is 7.58. The zero-order valence-electron chi connectivity index (χ0n) is 13.6. The molecular formula is C16H23NO5S. The second kappa shape index (κ2) is 7.42. The highest BCUT2D eigenvalue weighted by atomic mass is 32.2. The van der Waals surface area contributed by atoms with Gasteiger partial charge in [0.05, 0.1) is 19.5 Å². The second-order valence-corrected chi connectivity index (χ2v) is 7.41. The predicted molar refractivity (Wildman–Crippen MR) is 86.3 cm³/mol. The maximum absolute atomic E-state index is 12.2. The van der Waals surface area contributed by atoms with E-state index in [9.17, 15) is 13.2 Å². The number of hydrogen-bond acceptors (Lipinski definition) is 6. The van der Waals surface area contributed by atoms with Crippen molar-refractivity contribution in [2.45, 2.75) is 38.0 Å². The minimum Gasteiger partial charge on any atom is -0.468 e. The molecule has 1 heterocycles. The molecule has 0 aromatic heterocycles. The van der Waals surface area contributed by atoms with Gasteiger partial charge in [0.15, 0.2) is 0 Å². The molecule has 0 saturated carbocycles. The molecule has 1 aromatic carbocycles. The third kappa shape index (κ3) is 4.76. The summed E-state index contributed by atoms with van der Waals surface area (Å²) in [5.74, 6) is -0.366. The molecule has 0 amide bonds. The molecule has 6 nitrogen and oxygen atoms in total. The van der Waals surface area contributed by atoms with Gasteiger partial charge in [0.1, 0.15) is 6.04 Å². The number of esters is 1. The molecule has 0 spiro atoms. The van der Waals surface area contributed by atoms with Gasteiger partial charge in [0.25, 0.3) is 10.1 Å². The Morgan fingerprint density at radius 2 is 1.96 bits per heavy atom. The molecule has 0 N–H and O–H groups in total. The van der Waals surface area contributed by atoms with E-state index in [1.807, 2.05) is 42.2 Å². The van der Waals surface area contributed by atoms with E-state index in [-0.39, 0.29) is 12.0 Å². The van der Waals surface area contributed by atoms with Crippen LogP contribution in [0.15, 0.2) is 30.3 Å². The van der Waals surface area contributed by atoms with E-state index in [1.54, 1.807) is 0 Å². The Morgan fingerprint density at radius 1 is 1.30 bits per heavy atom. The van der Waals surface area contributed by atoms with Crippen LogP contribution in [0.3, 0.4) is 0 Å². The Bertz CT molecular complexity index is 631. The van der Waals surface area contributed by atoms with Crippen LogP contribution in [0.2, 0.25) is 0 Å². The number of piperidine rings is 1. The molecule has 1 fully saturated rings. The summed E-state index contributed by atoms with van der Waals surface area (Å²) in [5, 5.41) is 0. The minimum absolute atomic E-state index is 0.0273. The highest BCUT2D eigenvalue weighted by Gasteiger charge is 2.38. The van der Waals surface area contributed by atoms with Crippen molar-refractivity contribution in [3.8, 4) is 0 Å². The summed E-state index contributed by atoms with van der Waals surface area (Å²) in [7, 11) is -2.20. The van der Waals surface area contributed by atoms with Crippen LogP contribution in [0, 0.1) is 0 Å². The third-order valence-corrected chi connectivity index (χ3v) is 4.78. The quantitative estimate of drug-likeness (QED) is 0.600. The lowest BCUT2D eigenvalue weighted by molar-refractivity contribution is -0.151. The van der Waals surface area contributed by atoms with Gasteiger partial charge in [-0.25, -0.2) is 0 Å². The molecular weight excluding hydrogens is 318 g/mol. The number of carbonyl (C=O) groups is 1. The maximum Gasteiger partial charge on any atom is 0.323 e. The van der Waals surface area contributed by atoms with Crippen LogP contribution in [-0.2, 0) is 23.8 Å². The van der Waals surface area contributed by atoms with E-state index in [2.05, 4.69) is 0 Å². The van der Waals surface area contributed by atoms with Gasteiger partial charge in [-0.15, -0.1) is 0 Å². The van der Waals surface area contributed by atoms with Crippen LogP contribution in [0.1, 0.15) is 31.4 Å². The fourth-order valence-corrected chi connectivity index (χ4v) is 3.71. The van der Waals surface area contributed by atoms with E-state index < -0.39 is 22.3 Å². The number of hydrogen-bond donors (Lipinski definition) is 0. The number of benzene rings is 1. The molecule has 7 heteroatoms. The lowest BCUT2D eigenvalue weighted by atomic mass is 9.95. The summed E-state index contributed by atoms with van der Waals surface area (Å²) in [5.41, 5.74) is 1.10. The van der Waals surface area contributed by atoms with Crippen LogP contribution < -0.4 is 0 Å². The van der Waals surface area contributed by atoms with E-state index in [4.69, 9.17) is 8.92 Å². The van der Waals surface area contributed by atoms with E-state index in [0.717, 1.165) is 11.8 Å². The van der Waals surface area contributed by atoms with Crippen molar-refractivity contribution in [3.63, 3.8) is 0 Å². The Morgan fingerprint density at radius 3 is 2.52 bits per heavy atom. The SMILES string of the molecule is COC(=O)[C@H]1C[C@@H](OS(C)(=O)=O)CCN1[C@@H](C)c1ccccc1. The van der Waals surface area contributed by atoms with E-state index >= 15 is 0 Å². The summed E-state index contributed by atoms with van der Waals surface area (Å²) in [6, 6.07) is 9.39. The normalized spacial score (nSPS) is 24.1. The van der Waals surface area contributed by atoms with Crippen molar-refractivity contribution < 1.29 is 22.1 Å². The minimum atomic E-state index is -3.54. The van der Waals surface area contributed by atoms with Crippen LogP contribution >= 0.6 is 0 Å². The molecule has 23 heavy (non-hydrogen) atoms. The smallest absolute Gasteiger partial charge is 0.323 e. The summed E-state index contributed by atoms with van der Waals surface area (Å²) in [4.78, 5) is 14.2. The molecule has 3 atom stereocenters. The maximum atomic E-state index is 12.2. The molecule has 0 aliphatic carbocycles. The zero-order valence-corrected chi connectivity index (χ0v) is 14.5. The monoisotopic (exact) mass is 341 g/mol. The largest absolute Gasteiger partial charge is 0.468 e. The van der Waals surface area contributed by atoms with Crippen LogP contribution in [0.25, 0.3) is 0 Å². The molecule has 0 unspecified atom stereocenters. The highest BCUT2D eigenvalue weighted by molar-refractivity contribution is 7.86. The molecule has 1 aliphatic heterocycles. The van der Waals surface area contributed by atoms with Gasteiger partial charge >= 0.3 is 5.97 Å². The highest BCUT2D eigenvalue weighted by Crippen LogP contribution is 2.30. The second-order valence-electron chi connectivity index (χ2n) is 5.81. The predicted octanol–water partition coefficient (Wildman–Crippen LogP) is 1.73. The molecule has 0 radical (unpaired) electrons. The van der Waals surface area contributed by atoms with Crippen molar-refractivity contribution >= 4 is 16.1 Å². The topological polar surface area (TPSA) is 72.9 Å². The van der Waals surface area contributed by atoms with Crippen LogP contribution in [0.5, 0.6) is 0 Å². The Hall–Kier alpha value is -1.44. The lowest BCUT2D eigenvalue weighted by Crippen LogP contribution is -2.50. The lowest BCUT2D eigenvalue weighted by Gasteiger charge is -2.40. The summed E-state index contributed by atoms with van der Waals surface area (Å²) in [6.45, 7) is 2.60. The first-order valence-corrected chi connectivity index (χ1v) is 9.40. The Balaban J connectivity index is 2.17. The first-order chi connectivity index (χ1) is 10.8. The molecule has 0 bridgehead atoms. The van der Waals surface area contributed by atoms with Gasteiger partial charge < -0.3 is 4.74 Å². The molecule has 2 rings (SSSR count). The van der Waals surface area contributed by atoms with Gasteiger partial charge in [-0.05, 0) is 18.9 Å². The number of likely N-dealkylation sites (tertiary alicyclic amines) is 1. The average molecular weight is 341 g/mol. The van der Waals surface area contributed by atoms with Crippen molar-refractivity contribution in [3.05, 3.63) is 35.9 Å². The van der Waals surface area contributed by atoms with Gasteiger partial charge in [0.2, 0.25) is 0 Å². The first kappa shape index (κ1) is 17.9. The number of ether oxygens (including phenoxy) is 1. The molecule has 1 saturated heterocycles. The van der Waals surface area contributed by atoms with Crippen molar-refractivity contribution in [2.24, 2.45) is 0 Å². The molecule has 128 valence electrons. The fourth-order valence-electron chi connectivity index (χ4n) is 3.04. The van der Waals surface area contributed by atoms with Crippen molar-refractivity contribution in [1.82, 2.24) is 4.90 Å².